The van der Waals surface area contributed by atoms with E-state index in [0.29, 0.717) is 5.75 Å². The molecule has 0 aliphatic carbocycles. The van der Waals surface area contributed by atoms with Gasteiger partial charge in [0, 0.05) is 31.4 Å². The van der Waals surface area contributed by atoms with Gasteiger partial charge in [-0.2, -0.15) is 0 Å². The number of aryl methyl sites for hydroxylation is 1. The quantitative estimate of drug-likeness (QED) is 0.847. The molecule has 0 radical (unpaired) electrons. The first-order valence-electron chi connectivity index (χ1n) is 6.75. The van der Waals surface area contributed by atoms with Crippen LogP contribution in [-0.2, 0) is 6.42 Å². The monoisotopic (exact) mass is 292 g/mol. The van der Waals surface area contributed by atoms with Crippen LogP contribution < -0.4 is 4.74 Å². The number of benzene rings is 1. The van der Waals surface area contributed by atoms with Gasteiger partial charge in [-0.15, -0.1) is 11.3 Å². The lowest BCUT2D eigenvalue weighted by Gasteiger charge is -2.38. The molecule has 2 heterocycles. The molecule has 1 aromatic heterocycles. The average molecular weight is 292 g/mol. The third-order valence-electron chi connectivity index (χ3n) is 3.40. The topological polar surface area (TPSA) is 25.4 Å². The van der Waals surface area contributed by atoms with Crippen LogP contribution in [0.5, 0.6) is 5.75 Å². The third kappa shape index (κ3) is 3.16. The second-order valence-electron chi connectivity index (χ2n) is 5.04. The highest BCUT2D eigenvalue weighted by Gasteiger charge is 2.28. The van der Waals surface area contributed by atoms with E-state index in [0.717, 1.165) is 36.8 Å². The Morgan fingerprint density at radius 2 is 2.20 bits per heavy atom. The number of ether oxygens (including phenoxy) is 1. The fourth-order valence-electron chi connectivity index (χ4n) is 2.30. The van der Waals surface area contributed by atoms with Crippen molar-refractivity contribution < 1.29 is 9.13 Å². The molecule has 1 saturated heterocycles. The van der Waals surface area contributed by atoms with Gasteiger partial charge in [0.1, 0.15) is 6.10 Å². The summed E-state index contributed by atoms with van der Waals surface area (Å²) in [5.74, 6) is 0.0659. The van der Waals surface area contributed by atoms with Crippen molar-refractivity contribution in [1.82, 2.24) is 9.88 Å². The van der Waals surface area contributed by atoms with Crippen LogP contribution in [0, 0.1) is 12.7 Å². The molecule has 0 atom stereocenters. The Kier molecular flexibility index (Phi) is 3.98. The van der Waals surface area contributed by atoms with Gasteiger partial charge in [0.15, 0.2) is 11.6 Å². The van der Waals surface area contributed by atoms with Crippen LogP contribution in [0.25, 0.3) is 0 Å². The Hall–Kier alpha value is -1.46. The molecule has 0 bridgehead atoms. The summed E-state index contributed by atoms with van der Waals surface area (Å²) in [4.78, 5) is 6.76. The fourth-order valence-corrected chi connectivity index (χ4v) is 2.94. The van der Waals surface area contributed by atoms with Gasteiger partial charge in [-0.3, -0.25) is 4.90 Å². The predicted octanol–water partition coefficient (Wildman–Crippen LogP) is 2.90. The van der Waals surface area contributed by atoms with Crippen LogP contribution in [0.15, 0.2) is 29.6 Å². The minimum atomic E-state index is -0.288. The average Bonchev–Trinajstić information content (AvgIpc) is 2.80. The maximum absolute atomic E-state index is 13.4. The Labute approximate surface area is 122 Å². The second kappa shape index (κ2) is 5.89. The minimum Gasteiger partial charge on any atom is -0.485 e. The molecule has 5 heteroatoms. The van der Waals surface area contributed by atoms with Crippen LogP contribution in [0.4, 0.5) is 4.39 Å². The van der Waals surface area contributed by atoms with Crippen molar-refractivity contribution in [2.24, 2.45) is 0 Å². The SMILES string of the molecule is Cc1nc(CCN2CC(Oc3ccccc3F)C2)cs1. The molecule has 0 saturated carbocycles. The van der Waals surface area contributed by atoms with E-state index in [4.69, 9.17) is 4.74 Å². The first-order chi connectivity index (χ1) is 9.70. The molecule has 0 spiro atoms. The summed E-state index contributed by atoms with van der Waals surface area (Å²) in [5.41, 5.74) is 1.16. The van der Waals surface area contributed by atoms with Gasteiger partial charge in [-0.25, -0.2) is 9.37 Å². The molecule has 0 N–H and O–H groups in total. The van der Waals surface area contributed by atoms with Crippen LogP contribution in [0.2, 0.25) is 0 Å². The van der Waals surface area contributed by atoms with E-state index < -0.39 is 0 Å². The van der Waals surface area contributed by atoms with Crippen molar-refractivity contribution in [2.75, 3.05) is 19.6 Å². The summed E-state index contributed by atoms with van der Waals surface area (Å²) in [7, 11) is 0. The number of likely N-dealkylation sites (tertiary alicyclic amines) is 1. The summed E-state index contributed by atoms with van der Waals surface area (Å²) in [6, 6.07) is 6.57. The number of aromatic nitrogens is 1. The lowest BCUT2D eigenvalue weighted by atomic mass is 10.1. The van der Waals surface area contributed by atoms with Crippen molar-refractivity contribution in [3.8, 4) is 5.75 Å². The van der Waals surface area contributed by atoms with E-state index in [1.54, 1.807) is 29.5 Å². The zero-order chi connectivity index (χ0) is 13.9. The van der Waals surface area contributed by atoms with E-state index in [1.165, 1.54) is 6.07 Å². The van der Waals surface area contributed by atoms with Crippen LogP contribution >= 0.6 is 11.3 Å². The molecule has 0 amide bonds. The molecule has 3 nitrogen and oxygen atoms in total. The van der Waals surface area contributed by atoms with Gasteiger partial charge in [0.05, 0.1) is 10.7 Å². The van der Waals surface area contributed by atoms with E-state index in [-0.39, 0.29) is 11.9 Å². The van der Waals surface area contributed by atoms with E-state index >= 15 is 0 Å². The first kappa shape index (κ1) is 13.5. The fraction of sp³-hybridized carbons (Fsp3) is 0.400. The van der Waals surface area contributed by atoms with Crippen molar-refractivity contribution in [3.63, 3.8) is 0 Å². The predicted molar refractivity (Wildman–Crippen MR) is 77.8 cm³/mol. The zero-order valence-electron chi connectivity index (χ0n) is 11.4. The van der Waals surface area contributed by atoms with Crippen molar-refractivity contribution in [3.05, 3.63) is 46.2 Å². The number of thiazole rings is 1. The molecule has 1 aliphatic heterocycles. The highest BCUT2D eigenvalue weighted by atomic mass is 32.1. The van der Waals surface area contributed by atoms with Crippen molar-refractivity contribution in [1.29, 1.82) is 0 Å². The summed E-state index contributed by atoms with van der Waals surface area (Å²) >= 11 is 1.69. The second-order valence-corrected chi connectivity index (χ2v) is 6.10. The van der Waals surface area contributed by atoms with Gasteiger partial charge < -0.3 is 4.74 Å². The molecule has 1 aliphatic rings. The maximum atomic E-state index is 13.4. The molecule has 20 heavy (non-hydrogen) atoms. The Morgan fingerprint density at radius 3 is 2.90 bits per heavy atom. The van der Waals surface area contributed by atoms with Crippen LogP contribution in [0.1, 0.15) is 10.7 Å². The molecule has 1 aromatic carbocycles. The standard InChI is InChI=1S/C15H17FN2OS/c1-11-17-12(10-20-11)6-7-18-8-13(9-18)19-15-5-3-2-4-14(15)16/h2-5,10,13H,6-9H2,1H3. The molecule has 3 rings (SSSR count). The normalized spacial score (nSPS) is 16.1. The minimum absolute atomic E-state index is 0.101. The van der Waals surface area contributed by atoms with E-state index in [2.05, 4.69) is 15.3 Å². The number of halogens is 1. The highest BCUT2D eigenvalue weighted by Crippen LogP contribution is 2.21. The van der Waals surface area contributed by atoms with Gasteiger partial charge >= 0.3 is 0 Å². The lowest BCUT2D eigenvalue weighted by Crippen LogP contribution is -2.54. The van der Waals surface area contributed by atoms with Gasteiger partial charge in [0.2, 0.25) is 0 Å². The molecular formula is C15H17FN2OS. The lowest BCUT2D eigenvalue weighted by molar-refractivity contribution is 0.0184. The molecule has 106 valence electrons. The van der Waals surface area contributed by atoms with Gasteiger partial charge in [0.25, 0.3) is 0 Å². The number of para-hydroxylation sites is 1. The number of nitrogens with zero attached hydrogens (tertiary/aromatic N) is 2. The maximum Gasteiger partial charge on any atom is 0.165 e. The number of hydrogen-bond acceptors (Lipinski definition) is 4. The van der Waals surface area contributed by atoms with Gasteiger partial charge in [-0.05, 0) is 19.1 Å². The van der Waals surface area contributed by atoms with Crippen LogP contribution in [-0.4, -0.2) is 35.6 Å². The molecule has 0 unspecified atom stereocenters. The van der Waals surface area contributed by atoms with Gasteiger partial charge in [-0.1, -0.05) is 12.1 Å². The zero-order valence-corrected chi connectivity index (χ0v) is 12.2. The molecular weight excluding hydrogens is 275 g/mol. The highest BCUT2D eigenvalue weighted by molar-refractivity contribution is 7.09. The summed E-state index contributed by atoms with van der Waals surface area (Å²) in [6.45, 7) is 4.73. The molecule has 2 aromatic rings. The Bertz CT molecular complexity index is 581. The Balaban J connectivity index is 1.42. The smallest absolute Gasteiger partial charge is 0.165 e. The van der Waals surface area contributed by atoms with E-state index in [1.807, 2.05) is 6.92 Å². The summed E-state index contributed by atoms with van der Waals surface area (Å²) in [6.07, 6.45) is 1.07. The first-order valence-corrected chi connectivity index (χ1v) is 7.63. The Morgan fingerprint density at radius 1 is 1.40 bits per heavy atom. The van der Waals surface area contributed by atoms with Crippen molar-refractivity contribution in [2.45, 2.75) is 19.4 Å². The van der Waals surface area contributed by atoms with E-state index in [9.17, 15) is 4.39 Å². The summed E-state index contributed by atoms with van der Waals surface area (Å²) < 4.78 is 19.1. The summed E-state index contributed by atoms with van der Waals surface area (Å²) in [5, 5.41) is 3.23. The number of hydrogen-bond donors (Lipinski definition) is 0. The third-order valence-corrected chi connectivity index (χ3v) is 4.23. The number of rotatable bonds is 5. The van der Waals surface area contributed by atoms with Crippen molar-refractivity contribution >= 4 is 11.3 Å². The largest absolute Gasteiger partial charge is 0.485 e. The van der Waals surface area contributed by atoms with Crippen LogP contribution in [0.3, 0.4) is 0 Å². The molecule has 1 fully saturated rings.